The third-order valence-electron chi connectivity index (χ3n) is 4.40. The van der Waals surface area contributed by atoms with Crippen molar-refractivity contribution in [3.8, 4) is 0 Å². The first-order valence-corrected chi connectivity index (χ1v) is 7.91. The van der Waals surface area contributed by atoms with Crippen LogP contribution in [0.3, 0.4) is 0 Å². The summed E-state index contributed by atoms with van der Waals surface area (Å²) in [5.41, 5.74) is 7.87. The maximum absolute atomic E-state index is 6.12. The smallest absolute Gasteiger partial charge is 0.201 e. The zero-order chi connectivity index (χ0) is 14.3. The molecule has 3 nitrogen and oxygen atoms in total. The average Bonchev–Trinajstić information content (AvgIpc) is 2.69. The Morgan fingerprint density at radius 1 is 1.20 bits per heavy atom. The van der Waals surface area contributed by atoms with Crippen LogP contribution in [-0.4, -0.2) is 9.55 Å². The lowest BCUT2D eigenvalue weighted by molar-refractivity contribution is 0.267. The van der Waals surface area contributed by atoms with Crippen molar-refractivity contribution in [1.29, 1.82) is 0 Å². The first kappa shape index (κ1) is 14.0. The molecule has 0 spiro atoms. The molecular formula is C15H19Cl2N3. The summed E-state index contributed by atoms with van der Waals surface area (Å²) >= 11 is 12.2. The summed E-state index contributed by atoms with van der Waals surface area (Å²) in [5.74, 6) is 2.09. The Hall–Kier alpha value is -0.930. The van der Waals surface area contributed by atoms with Crippen molar-refractivity contribution in [1.82, 2.24) is 9.55 Å². The van der Waals surface area contributed by atoms with Crippen LogP contribution < -0.4 is 5.73 Å². The third-order valence-corrected chi connectivity index (χ3v) is 5.12. The van der Waals surface area contributed by atoms with E-state index in [0.29, 0.717) is 21.9 Å². The minimum absolute atomic E-state index is 0.523. The number of anilines is 1. The number of nitrogens with two attached hydrogens (primary N) is 1. The number of aromatic nitrogens is 2. The van der Waals surface area contributed by atoms with Crippen LogP contribution in [-0.2, 0) is 6.54 Å². The normalized spacial score (nSPS) is 23.4. The molecule has 0 saturated heterocycles. The Balaban J connectivity index is 1.91. The van der Waals surface area contributed by atoms with E-state index in [2.05, 4.69) is 16.5 Å². The summed E-state index contributed by atoms with van der Waals surface area (Å²) in [7, 11) is 0. The van der Waals surface area contributed by atoms with Crippen LogP contribution in [0.2, 0.25) is 10.0 Å². The van der Waals surface area contributed by atoms with Crippen molar-refractivity contribution in [2.24, 2.45) is 11.8 Å². The van der Waals surface area contributed by atoms with E-state index in [1.165, 1.54) is 25.7 Å². The van der Waals surface area contributed by atoms with Crippen LogP contribution in [0.4, 0.5) is 5.95 Å². The molecule has 0 unspecified atom stereocenters. The maximum Gasteiger partial charge on any atom is 0.201 e. The van der Waals surface area contributed by atoms with E-state index in [4.69, 9.17) is 28.9 Å². The molecule has 108 valence electrons. The van der Waals surface area contributed by atoms with Crippen LogP contribution in [0, 0.1) is 11.8 Å². The predicted octanol–water partition coefficient (Wildman–Crippen LogP) is 4.75. The molecule has 0 amide bonds. The zero-order valence-corrected chi connectivity index (χ0v) is 13.1. The number of nitrogen functional groups attached to an aromatic ring is 1. The van der Waals surface area contributed by atoms with E-state index in [0.717, 1.165) is 23.5 Å². The highest BCUT2D eigenvalue weighted by molar-refractivity contribution is 6.42. The molecule has 1 fully saturated rings. The van der Waals surface area contributed by atoms with Crippen molar-refractivity contribution < 1.29 is 0 Å². The van der Waals surface area contributed by atoms with E-state index >= 15 is 0 Å². The largest absolute Gasteiger partial charge is 0.369 e. The molecule has 1 saturated carbocycles. The van der Waals surface area contributed by atoms with Crippen LogP contribution in [0.1, 0.15) is 32.6 Å². The minimum atomic E-state index is 0.523. The summed E-state index contributed by atoms with van der Waals surface area (Å²) in [6.45, 7) is 3.26. The minimum Gasteiger partial charge on any atom is -0.369 e. The second-order valence-electron chi connectivity index (χ2n) is 5.96. The summed E-state index contributed by atoms with van der Waals surface area (Å²) in [5, 5.41) is 1.08. The second kappa shape index (κ2) is 5.45. The van der Waals surface area contributed by atoms with Gasteiger partial charge in [0.1, 0.15) is 0 Å². The van der Waals surface area contributed by atoms with Crippen molar-refractivity contribution in [3.05, 3.63) is 22.2 Å². The number of fused-ring (bicyclic) bond motifs is 1. The Bertz CT molecular complexity index is 628. The predicted molar refractivity (Wildman–Crippen MR) is 85.3 cm³/mol. The molecule has 1 aromatic heterocycles. The first-order chi connectivity index (χ1) is 9.54. The van der Waals surface area contributed by atoms with E-state index < -0.39 is 0 Å². The number of rotatable bonds is 2. The molecule has 0 radical (unpaired) electrons. The van der Waals surface area contributed by atoms with Crippen molar-refractivity contribution >= 4 is 40.2 Å². The summed E-state index contributed by atoms with van der Waals surface area (Å²) in [6, 6.07) is 3.66. The fraction of sp³-hybridized carbons (Fsp3) is 0.533. The molecule has 1 aliphatic rings. The van der Waals surface area contributed by atoms with Gasteiger partial charge in [0.15, 0.2) is 0 Å². The lowest BCUT2D eigenvalue weighted by Gasteiger charge is -2.26. The van der Waals surface area contributed by atoms with E-state index in [-0.39, 0.29) is 0 Å². The number of benzene rings is 1. The number of hydrogen-bond donors (Lipinski definition) is 1. The second-order valence-corrected chi connectivity index (χ2v) is 6.78. The SMILES string of the molecule is CC1CCC(Cn2c(N)nc3cc(Cl)c(Cl)cc32)CC1. The van der Waals surface area contributed by atoms with Crippen molar-refractivity contribution in [3.63, 3.8) is 0 Å². The summed E-state index contributed by atoms with van der Waals surface area (Å²) < 4.78 is 2.08. The van der Waals surface area contributed by atoms with Gasteiger partial charge in [-0.3, -0.25) is 0 Å². The van der Waals surface area contributed by atoms with Gasteiger partial charge in [-0.15, -0.1) is 0 Å². The molecule has 5 heteroatoms. The molecule has 0 bridgehead atoms. The number of halogens is 2. The van der Waals surface area contributed by atoms with E-state index in [9.17, 15) is 0 Å². The van der Waals surface area contributed by atoms with Crippen molar-refractivity contribution in [2.75, 3.05) is 5.73 Å². The van der Waals surface area contributed by atoms with Gasteiger partial charge in [-0.25, -0.2) is 4.98 Å². The average molecular weight is 312 g/mol. The van der Waals surface area contributed by atoms with Gasteiger partial charge in [-0.2, -0.15) is 0 Å². The number of nitrogens with zero attached hydrogens (tertiary/aromatic N) is 2. The zero-order valence-electron chi connectivity index (χ0n) is 11.6. The van der Waals surface area contributed by atoms with Gasteiger partial charge in [-0.1, -0.05) is 43.0 Å². The van der Waals surface area contributed by atoms with Gasteiger partial charge in [0.2, 0.25) is 5.95 Å². The van der Waals surface area contributed by atoms with Crippen molar-refractivity contribution in [2.45, 2.75) is 39.2 Å². The Labute approximate surface area is 129 Å². The Kier molecular flexibility index (Phi) is 3.83. The molecule has 1 aromatic carbocycles. The summed E-state index contributed by atoms with van der Waals surface area (Å²) in [6.07, 6.45) is 5.15. The van der Waals surface area contributed by atoms with Gasteiger partial charge in [0.05, 0.1) is 21.1 Å². The lowest BCUT2D eigenvalue weighted by Crippen LogP contribution is -2.18. The molecule has 3 rings (SSSR count). The summed E-state index contributed by atoms with van der Waals surface area (Å²) in [4.78, 5) is 4.39. The fourth-order valence-corrected chi connectivity index (χ4v) is 3.42. The molecular weight excluding hydrogens is 293 g/mol. The Morgan fingerprint density at radius 3 is 2.55 bits per heavy atom. The highest BCUT2D eigenvalue weighted by Crippen LogP contribution is 2.33. The van der Waals surface area contributed by atoms with Crippen LogP contribution in [0.25, 0.3) is 11.0 Å². The molecule has 1 heterocycles. The van der Waals surface area contributed by atoms with Gasteiger partial charge < -0.3 is 10.3 Å². The first-order valence-electron chi connectivity index (χ1n) is 7.15. The fourth-order valence-electron chi connectivity index (χ4n) is 3.10. The quantitative estimate of drug-likeness (QED) is 0.869. The molecule has 2 N–H and O–H groups in total. The highest BCUT2D eigenvalue weighted by Gasteiger charge is 2.20. The molecule has 0 atom stereocenters. The third kappa shape index (κ3) is 2.61. The van der Waals surface area contributed by atoms with E-state index in [1.54, 1.807) is 6.07 Å². The maximum atomic E-state index is 6.12. The standard InChI is InChI=1S/C15H19Cl2N3/c1-9-2-4-10(5-3-9)8-20-14-7-12(17)11(16)6-13(14)19-15(20)18/h6-7,9-10H,2-5,8H2,1H3,(H2,18,19). The molecule has 0 aliphatic heterocycles. The van der Waals surface area contributed by atoms with Gasteiger partial charge in [0, 0.05) is 6.54 Å². The van der Waals surface area contributed by atoms with E-state index in [1.807, 2.05) is 6.07 Å². The molecule has 2 aromatic rings. The van der Waals surface area contributed by atoms with Crippen LogP contribution in [0.5, 0.6) is 0 Å². The number of imidazole rings is 1. The topological polar surface area (TPSA) is 43.8 Å². The Morgan fingerprint density at radius 2 is 1.85 bits per heavy atom. The van der Waals surface area contributed by atoms with Crippen LogP contribution in [0.15, 0.2) is 12.1 Å². The monoisotopic (exact) mass is 311 g/mol. The number of hydrogen-bond acceptors (Lipinski definition) is 2. The molecule has 20 heavy (non-hydrogen) atoms. The lowest BCUT2D eigenvalue weighted by atomic mass is 9.83. The van der Waals surface area contributed by atoms with Gasteiger partial charge in [-0.05, 0) is 36.8 Å². The van der Waals surface area contributed by atoms with Gasteiger partial charge >= 0.3 is 0 Å². The van der Waals surface area contributed by atoms with Crippen LogP contribution >= 0.6 is 23.2 Å². The highest BCUT2D eigenvalue weighted by atomic mass is 35.5. The van der Waals surface area contributed by atoms with Gasteiger partial charge in [0.25, 0.3) is 0 Å². The molecule has 1 aliphatic carbocycles.